The molecule has 0 aliphatic heterocycles. The average Bonchev–Trinajstić information content (AvgIpc) is 2.86. The van der Waals surface area contributed by atoms with E-state index in [2.05, 4.69) is 10.6 Å². The molecule has 0 aliphatic carbocycles. The molecule has 0 aromatic heterocycles. The number of carbonyl (C=O) groups is 3. The van der Waals surface area contributed by atoms with Crippen LogP contribution in [0.1, 0.15) is 54.7 Å². The fourth-order valence-electron chi connectivity index (χ4n) is 4.36. The maximum Gasteiger partial charge on any atom is 0.347 e. The highest BCUT2D eigenvalue weighted by Crippen LogP contribution is 2.29. The van der Waals surface area contributed by atoms with E-state index in [1.807, 2.05) is 32.9 Å². The standard InChI is InChI=1S/C31H35F2N3O5/c1-16-12-17(2)27(18(3)13-16)36-30(39)35-25-15-21(20-9-11-23(32)24(33)14-20)8-10-22(25)28(37)40-29(38)26(34)19(4)41-31(5,6)7/h8-15,19,26H,34H2,1-7H3,(H2,35,36,39)/t19-,26+/m1/s1. The van der Waals surface area contributed by atoms with Crippen molar-refractivity contribution >= 4 is 29.3 Å². The molecule has 0 fully saturated rings. The van der Waals surface area contributed by atoms with Crippen molar-refractivity contribution in [3.8, 4) is 11.1 Å². The summed E-state index contributed by atoms with van der Waals surface area (Å²) in [5.41, 5.74) is 9.13. The number of halogens is 2. The first kappa shape index (κ1) is 31.4. The summed E-state index contributed by atoms with van der Waals surface area (Å²) in [4.78, 5) is 38.8. The van der Waals surface area contributed by atoms with E-state index in [0.717, 1.165) is 28.8 Å². The van der Waals surface area contributed by atoms with Crippen molar-refractivity contribution < 1.29 is 32.6 Å². The van der Waals surface area contributed by atoms with Crippen LogP contribution in [0.2, 0.25) is 0 Å². The van der Waals surface area contributed by atoms with Crippen molar-refractivity contribution in [2.45, 2.75) is 66.2 Å². The summed E-state index contributed by atoms with van der Waals surface area (Å²) < 4.78 is 38.2. The van der Waals surface area contributed by atoms with Gasteiger partial charge in [-0.1, -0.05) is 29.8 Å². The van der Waals surface area contributed by atoms with E-state index in [-0.39, 0.29) is 11.3 Å². The van der Waals surface area contributed by atoms with Gasteiger partial charge in [-0.05, 0) is 95.0 Å². The molecule has 4 N–H and O–H groups in total. The Balaban J connectivity index is 1.93. The third kappa shape index (κ3) is 8.18. The van der Waals surface area contributed by atoms with Crippen LogP contribution in [-0.4, -0.2) is 35.7 Å². The largest absolute Gasteiger partial charge is 0.388 e. The minimum Gasteiger partial charge on any atom is -0.388 e. The average molecular weight is 568 g/mol. The van der Waals surface area contributed by atoms with Gasteiger partial charge in [0, 0.05) is 5.69 Å². The Kier molecular flexibility index (Phi) is 9.62. The zero-order valence-electron chi connectivity index (χ0n) is 24.1. The molecule has 0 saturated carbocycles. The number of nitrogens with two attached hydrogens (primary N) is 1. The van der Waals surface area contributed by atoms with E-state index >= 15 is 0 Å². The first-order valence-electron chi connectivity index (χ1n) is 13.0. The van der Waals surface area contributed by atoms with Crippen LogP contribution in [0, 0.1) is 32.4 Å². The lowest BCUT2D eigenvalue weighted by Gasteiger charge is -2.27. The van der Waals surface area contributed by atoms with Gasteiger partial charge in [-0.2, -0.15) is 0 Å². The molecule has 0 aliphatic rings. The third-order valence-corrected chi connectivity index (χ3v) is 6.17. The van der Waals surface area contributed by atoms with E-state index in [9.17, 15) is 23.2 Å². The van der Waals surface area contributed by atoms with Crippen molar-refractivity contribution in [2.24, 2.45) is 5.73 Å². The number of hydrogen-bond acceptors (Lipinski definition) is 6. The summed E-state index contributed by atoms with van der Waals surface area (Å²) in [7, 11) is 0. The molecule has 0 heterocycles. The van der Waals surface area contributed by atoms with E-state index in [4.69, 9.17) is 15.2 Å². The van der Waals surface area contributed by atoms with Crippen molar-refractivity contribution in [3.63, 3.8) is 0 Å². The highest BCUT2D eigenvalue weighted by Gasteiger charge is 2.30. The number of amides is 2. The molecule has 3 aromatic carbocycles. The molecule has 0 radical (unpaired) electrons. The van der Waals surface area contributed by atoms with Gasteiger partial charge in [0.15, 0.2) is 11.6 Å². The molecule has 0 bridgehead atoms. The summed E-state index contributed by atoms with van der Waals surface area (Å²) in [6, 6.07) is 9.37. The van der Waals surface area contributed by atoms with Crippen LogP contribution in [0.5, 0.6) is 0 Å². The van der Waals surface area contributed by atoms with E-state index in [1.54, 1.807) is 27.7 Å². The SMILES string of the molecule is Cc1cc(C)c(NC(=O)Nc2cc(-c3ccc(F)c(F)c3)ccc2C(=O)OC(=O)[C@@H](N)[C@@H](C)OC(C)(C)C)c(C)c1. The topological polar surface area (TPSA) is 120 Å². The number of hydrogen-bond donors (Lipinski definition) is 3. The Morgan fingerprint density at radius 2 is 1.44 bits per heavy atom. The van der Waals surface area contributed by atoms with Crippen LogP contribution in [0.15, 0.2) is 48.5 Å². The maximum absolute atomic E-state index is 13.9. The molecule has 2 amide bonds. The normalized spacial score (nSPS) is 12.8. The Morgan fingerprint density at radius 1 is 0.854 bits per heavy atom. The number of carbonyl (C=O) groups excluding carboxylic acids is 3. The quantitative estimate of drug-likeness (QED) is 0.224. The number of anilines is 2. The highest BCUT2D eigenvalue weighted by atomic mass is 19.2. The summed E-state index contributed by atoms with van der Waals surface area (Å²) in [5, 5.41) is 5.39. The van der Waals surface area contributed by atoms with Gasteiger partial charge in [0.1, 0.15) is 6.04 Å². The van der Waals surface area contributed by atoms with E-state index < -0.39 is 47.4 Å². The second-order valence-corrected chi connectivity index (χ2v) is 10.9. The Hall–Kier alpha value is -4.15. The number of ether oxygens (including phenoxy) is 2. The monoisotopic (exact) mass is 567 g/mol. The van der Waals surface area contributed by atoms with Gasteiger partial charge >= 0.3 is 18.0 Å². The molecule has 0 spiro atoms. The lowest BCUT2D eigenvalue weighted by molar-refractivity contribution is -0.146. The number of esters is 2. The molecular weight excluding hydrogens is 532 g/mol. The van der Waals surface area contributed by atoms with Gasteiger partial charge < -0.3 is 25.8 Å². The molecule has 41 heavy (non-hydrogen) atoms. The maximum atomic E-state index is 13.9. The van der Waals surface area contributed by atoms with Crippen molar-refractivity contribution in [3.05, 3.63) is 82.4 Å². The lowest BCUT2D eigenvalue weighted by atomic mass is 10.0. The molecule has 0 unspecified atom stereocenters. The first-order chi connectivity index (χ1) is 19.1. The van der Waals surface area contributed by atoms with Crippen LogP contribution in [0.3, 0.4) is 0 Å². The summed E-state index contributed by atoms with van der Waals surface area (Å²) in [5.74, 6) is -4.16. The second kappa shape index (κ2) is 12.6. The van der Waals surface area contributed by atoms with Gasteiger partial charge in [0.05, 0.1) is 23.0 Å². The van der Waals surface area contributed by atoms with Crippen LogP contribution in [-0.2, 0) is 14.3 Å². The van der Waals surface area contributed by atoms with Gasteiger partial charge in [-0.3, -0.25) is 0 Å². The smallest absolute Gasteiger partial charge is 0.347 e. The number of rotatable bonds is 7. The van der Waals surface area contributed by atoms with Crippen molar-refractivity contribution in [1.29, 1.82) is 0 Å². The minimum atomic E-state index is -1.26. The van der Waals surface area contributed by atoms with E-state index in [1.165, 1.54) is 24.3 Å². The first-order valence-corrected chi connectivity index (χ1v) is 13.0. The number of urea groups is 1. The molecule has 3 aromatic rings. The molecule has 10 heteroatoms. The van der Waals surface area contributed by atoms with Gasteiger partial charge in [0.25, 0.3) is 0 Å². The zero-order valence-corrected chi connectivity index (χ0v) is 24.1. The molecule has 3 rings (SSSR count). The lowest BCUT2D eigenvalue weighted by Crippen LogP contribution is -2.46. The number of aryl methyl sites for hydroxylation is 3. The molecule has 8 nitrogen and oxygen atoms in total. The van der Waals surface area contributed by atoms with Crippen LogP contribution in [0.25, 0.3) is 11.1 Å². The van der Waals surface area contributed by atoms with Crippen LogP contribution < -0.4 is 16.4 Å². The van der Waals surface area contributed by atoms with Crippen molar-refractivity contribution in [2.75, 3.05) is 10.6 Å². The number of benzene rings is 3. The minimum absolute atomic E-state index is 0.0301. The molecule has 0 saturated heterocycles. The fourth-order valence-corrected chi connectivity index (χ4v) is 4.36. The summed E-state index contributed by atoms with van der Waals surface area (Å²) in [6.45, 7) is 12.6. The highest BCUT2D eigenvalue weighted by molar-refractivity contribution is 6.08. The summed E-state index contributed by atoms with van der Waals surface area (Å²) in [6.07, 6.45) is -0.754. The second-order valence-electron chi connectivity index (χ2n) is 10.9. The Morgan fingerprint density at radius 3 is 2.02 bits per heavy atom. The predicted molar refractivity (Wildman–Crippen MR) is 154 cm³/mol. The molecule has 218 valence electrons. The van der Waals surface area contributed by atoms with Gasteiger partial charge in [-0.15, -0.1) is 0 Å². The van der Waals surface area contributed by atoms with E-state index in [0.29, 0.717) is 16.8 Å². The van der Waals surface area contributed by atoms with Gasteiger partial charge in [0.2, 0.25) is 0 Å². The van der Waals surface area contributed by atoms with Crippen LogP contribution in [0.4, 0.5) is 25.0 Å². The predicted octanol–water partition coefficient (Wildman–Crippen LogP) is 6.42. The fraction of sp³-hybridized carbons (Fsp3) is 0.323. The van der Waals surface area contributed by atoms with Crippen molar-refractivity contribution in [1.82, 2.24) is 0 Å². The molecule has 2 atom stereocenters. The number of nitrogens with one attached hydrogen (secondary N) is 2. The third-order valence-electron chi connectivity index (χ3n) is 6.17. The summed E-state index contributed by atoms with van der Waals surface area (Å²) >= 11 is 0. The van der Waals surface area contributed by atoms with Gasteiger partial charge in [-0.25, -0.2) is 23.2 Å². The van der Waals surface area contributed by atoms with Crippen LogP contribution >= 0.6 is 0 Å². The molecular formula is C31H35F2N3O5. The Labute approximate surface area is 238 Å². The Bertz CT molecular complexity index is 1460. The zero-order chi connectivity index (χ0) is 30.6.